The van der Waals surface area contributed by atoms with Gasteiger partial charge in [-0.2, -0.15) is 0 Å². The molecule has 0 unspecified atom stereocenters. The highest BCUT2D eigenvalue weighted by Crippen LogP contribution is 2.19. The fourth-order valence-electron chi connectivity index (χ4n) is 1.41. The zero-order valence-electron chi connectivity index (χ0n) is 8.22. The quantitative estimate of drug-likeness (QED) is 0.777. The molecule has 2 aromatic rings. The SMILES string of the molecule is Nc1ccc(-c2ccccc2)nc1CO. The zero-order valence-corrected chi connectivity index (χ0v) is 8.22. The van der Waals surface area contributed by atoms with Crippen molar-refractivity contribution < 1.29 is 5.11 Å². The summed E-state index contributed by atoms with van der Waals surface area (Å²) < 4.78 is 0. The number of nitrogens with zero attached hydrogens (tertiary/aromatic N) is 1. The first-order valence-corrected chi connectivity index (χ1v) is 4.73. The minimum absolute atomic E-state index is 0.132. The molecule has 0 aliphatic heterocycles. The molecule has 1 aromatic carbocycles. The van der Waals surface area contributed by atoms with Crippen LogP contribution in [0.5, 0.6) is 0 Å². The third kappa shape index (κ3) is 1.97. The van der Waals surface area contributed by atoms with Gasteiger partial charge in [-0.05, 0) is 12.1 Å². The van der Waals surface area contributed by atoms with Crippen LogP contribution in [0, 0.1) is 0 Å². The molecule has 0 amide bonds. The highest BCUT2D eigenvalue weighted by atomic mass is 16.3. The maximum atomic E-state index is 9.05. The minimum Gasteiger partial charge on any atom is -0.397 e. The van der Waals surface area contributed by atoms with Crippen molar-refractivity contribution in [3.8, 4) is 11.3 Å². The van der Waals surface area contributed by atoms with Gasteiger partial charge in [0.1, 0.15) is 0 Å². The van der Waals surface area contributed by atoms with Crippen LogP contribution < -0.4 is 5.73 Å². The first kappa shape index (κ1) is 9.68. The molecule has 3 N–H and O–H groups in total. The third-order valence-corrected chi connectivity index (χ3v) is 2.23. The summed E-state index contributed by atoms with van der Waals surface area (Å²) in [5.74, 6) is 0. The largest absolute Gasteiger partial charge is 0.397 e. The second-order valence-electron chi connectivity index (χ2n) is 3.26. The molecule has 0 saturated carbocycles. The standard InChI is InChI=1S/C12H12N2O/c13-10-6-7-11(14-12(10)8-15)9-4-2-1-3-5-9/h1-7,15H,8,13H2. The summed E-state index contributed by atoms with van der Waals surface area (Å²) in [7, 11) is 0. The Morgan fingerprint density at radius 2 is 1.80 bits per heavy atom. The van der Waals surface area contributed by atoms with E-state index in [0.29, 0.717) is 11.4 Å². The lowest BCUT2D eigenvalue weighted by Crippen LogP contribution is -1.98. The number of aliphatic hydroxyl groups is 1. The molecule has 2 rings (SSSR count). The Labute approximate surface area is 88.2 Å². The van der Waals surface area contributed by atoms with Gasteiger partial charge in [-0.1, -0.05) is 30.3 Å². The van der Waals surface area contributed by atoms with Crippen LogP contribution in [0.2, 0.25) is 0 Å². The predicted octanol–water partition coefficient (Wildman–Crippen LogP) is 1.82. The smallest absolute Gasteiger partial charge is 0.0894 e. The lowest BCUT2D eigenvalue weighted by Gasteiger charge is -2.05. The van der Waals surface area contributed by atoms with E-state index in [1.165, 1.54) is 0 Å². The molecule has 0 radical (unpaired) electrons. The van der Waals surface area contributed by atoms with Crippen molar-refractivity contribution in [2.45, 2.75) is 6.61 Å². The molecule has 1 aromatic heterocycles. The van der Waals surface area contributed by atoms with Gasteiger partial charge in [-0.25, -0.2) is 4.98 Å². The molecule has 0 fully saturated rings. The van der Waals surface area contributed by atoms with E-state index in [-0.39, 0.29) is 6.61 Å². The molecule has 15 heavy (non-hydrogen) atoms. The molecule has 3 heteroatoms. The van der Waals surface area contributed by atoms with Crippen LogP contribution in [-0.2, 0) is 6.61 Å². The molecular weight excluding hydrogens is 188 g/mol. The summed E-state index contributed by atoms with van der Waals surface area (Å²) in [5, 5.41) is 9.05. The van der Waals surface area contributed by atoms with Crippen LogP contribution in [-0.4, -0.2) is 10.1 Å². The van der Waals surface area contributed by atoms with E-state index in [4.69, 9.17) is 10.8 Å². The number of aliphatic hydroxyl groups excluding tert-OH is 1. The fraction of sp³-hybridized carbons (Fsp3) is 0.0833. The Morgan fingerprint density at radius 1 is 1.07 bits per heavy atom. The van der Waals surface area contributed by atoms with E-state index < -0.39 is 0 Å². The molecule has 0 atom stereocenters. The van der Waals surface area contributed by atoms with Gasteiger partial charge < -0.3 is 10.8 Å². The summed E-state index contributed by atoms with van der Waals surface area (Å²) >= 11 is 0. The Hall–Kier alpha value is -1.87. The Kier molecular flexibility index (Phi) is 2.65. The van der Waals surface area contributed by atoms with E-state index in [1.807, 2.05) is 36.4 Å². The van der Waals surface area contributed by atoms with Crippen molar-refractivity contribution in [3.63, 3.8) is 0 Å². The van der Waals surface area contributed by atoms with Crippen molar-refractivity contribution in [2.75, 3.05) is 5.73 Å². The van der Waals surface area contributed by atoms with Crippen LogP contribution in [0.3, 0.4) is 0 Å². The van der Waals surface area contributed by atoms with Crippen molar-refractivity contribution >= 4 is 5.69 Å². The molecule has 1 heterocycles. The number of hydrogen-bond donors (Lipinski definition) is 2. The highest BCUT2D eigenvalue weighted by Gasteiger charge is 2.03. The normalized spacial score (nSPS) is 10.2. The summed E-state index contributed by atoms with van der Waals surface area (Å²) in [5.41, 5.74) is 8.55. The number of nitrogens with two attached hydrogens (primary N) is 1. The lowest BCUT2D eigenvalue weighted by atomic mass is 10.1. The first-order valence-electron chi connectivity index (χ1n) is 4.73. The minimum atomic E-state index is -0.132. The van der Waals surface area contributed by atoms with E-state index >= 15 is 0 Å². The van der Waals surface area contributed by atoms with Crippen molar-refractivity contribution in [1.29, 1.82) is 0 Å². The van der Waals surface area contributed by atoms with E-state index in [0.717, 1.165) is 11.3 Å². The topological polar surface area (TPSA) is 59.1 Å². The molecule has 0 saturated heterocycles. The second-order valence-corrected chi connectivity index (χ2v) is 3.26. The number of anilines is 1. The summed E-state index contributed by atoms with van der Waals surface area (Å²) in [6.07, 6.45) is 0. The van der Waals surface area contributed by atoms with E-state index in [1.54, 1.807) is 6.07 Å². The van der Waals surface area contributed by atoms with Gasteiger partial charge in [0.25, 0.3) is 0 Å². The van der Waals surface area contributed by atoms with Gasteiger partial charge in [0, 0.05) is 5.56 Å². The number of benzene rings is 1. The average Bonchev–Trinajstić information content (AvgIpc) is 2.31. The molecule has 0 spiro atoms. The molecule has 76 valence electrons. The second kappa shape index (κ2) is 4.11. The number of nitrogen functional groups attached to an aromatic ring is 1. The molecule has 0 aliphatic carbocycles. The van der Waals surface area contributed by atoms with E-state index in [9.17, 15) is 0 Å². The van der Waals surface area contributed by atoms with E-state index in [2.05, 4.69) is 4.98 Å². The summed E-state index contributed by atoms with van der Waals surface area (Å²) in [4.78, 5) is 4.29. The van der Waals surface area contributed by atoms with Crippen LogP contribution in [0.15, 0.2) is 42.5 Å². The van der Waals surface area contributed by atoms with Gasteiger partial charge in [-0.15, -0.1) is 0 Å². The van der Waals surface area contributed by atoms with Gasteiger partial charge in [0.05, 0.1) is 23.7 Å². The lowest BCUT2D eigenvalue weighted by molar-refractivity contribution is 0.278. The maximum absolute atomic E-state index is 9.05. The molecule has 0 aliphatic rings. The van der Waals surface area contributed by atoms with Gasteiger partial charge in [0.15, 0.2) is 0 Å². The molecular formula is C12H12N2O. The third-order valence-electron chi connectivity index (χ3n) is 2.23. The predicted molar refractivity (Wildman–Crippen MR) is 60.0 cm³/mol. The first-order chi connectivity index (χ1) is 7.31. The highest BCUT2D eigenvalue weighted by molar-refractivity contribution is 5.61. The van der Waals surface area contributed by atoms with Gasteiger partial charge >= 0.3 is 0 Å². The van der Waals surface area contributed by atoms with Crippen molar-refractivity contribution in [2.24, 2.45) is 0 Å². The Balaban J connectivity index is 2.46. The summed E-state index contributed by atoms with van der Waals surface area (Å²) in [6, 6.07) is 13.4. The maximum Gasteiger partial charge on any atom is 0.0894 e. The fourth-order valence-corrected chi connectivity index (χ4v) is 1.41. The monoisotopic (exact) mass is 200 g/mol. The van der Waals surface area contributed by atoms with Crippen LogP contribution in [0.25, 0.3) is 11.3 Å². The van der Waals surface area contributed by atoms with Crippen LogP contribution >= 0.6 is 0 Å². The molecule has 0 bridgehead atoms. The summed E-state index contributed by atoms with van der Waals surface area (Å²) in [6.45, 7) is -0.132. The Bertz CT molecular complexity index is 454. The van der Waals surface area contributed by atoms with Crippen molar-refractivity contribution in [3.05, 3.63) is 48.2 Å². The number of hydrogen-bond acceptors (Lipinski definition) is 3. The molecule has 3 nitrogen and oxygen atoms in total. The van der Waals surface area contributed by atoms with Gasteiger partial charge in [0.2, 0.25) is 0 Å². The Morgan fingerprint density at radius 3 is 2.47 bits per heavy atom. The van der Waals surface area contributed by atoms with Crippen LogP contribution in [0.4, 0.5) is 5.69 Å². The number of aromatic nitrogens is 1. The zero-order chi connectivity index (χ0) is 10.7. The average molecular weight is 200 g/mol. The van der Waals surface area contributed by atoms with Crippen LogP contribution in [0.1, 0.15) is 5.69 Å². The van der Waals surface area contributed by atoms with Crippen molar-refractivity contribution in [1.82, 2.24) is 4.98 Å². The number of rotatable bonds is 2. The van der Waals surface area contributed by atoms with Gasteiger partial charge in [-0.3, -0.25) is 0 Å². The number of pyridine rings is 1.